The molecule has 2 rings (SSSR count). The number of benzene rings is 1. The summed E-state index contributed by atoms with van der Waals surface area (Å²) in [7, 11) is 1.55. The van der Waals surface area contributed by atoms with Gasteiger partial charge in [-0.05, 0) is 24.1 Å². The van der Waals surface area contributed by atoms with E-state index in [1.807, 2.05) is 13.8 Å². The molecule has 1 aliphatic heterocycles. The van der Waals surface area contributed by atoms with Crippen LogP contribution in [0.25, 0.3) is 0 Å². The van der Waals surface area contributed by atoms with Crippen molar-refractivity contribution in [1.82, 2.24) is 10.2 Å². The van der Waals surface area contributed by atoms with Crippen molar-refractivity contribution in [3.63, 3.8) is 0 Å². The molecule has 0 spiro atoms. The Kier molecular flexibility index (Phi) is 5.98. The number of amides is 2. The lowest BCUT2D eigenvalue weighted by atomic mass is 10.0. The van der Waals surface area contributed by atoms with Gasteiger partial charge in [-0.15, -0.1) is 0 Å². The smallest absolute Gasteiger partial charge is 0.252 e. The first kappa shape index (κ1) is 17.3. The van der Waals surface area contributed by atoms with Crippen LogP contribution >= 0.6 is 0 Å². The number of carbonyl (C=O) groups excluding carboxylic acids is 2. The fourth-order valence-corrected chi connectivity index (χ4v) is 2.48. The predicted molar refractivity (Wildman–Crippen MR) is 86.5 cm³/mol. The molecule has 1 N–H and O–H groups in total. The van der Waals surface area contributed by atoms with Crippen molar-refractivity contribution >= 4 is 11.8 Å². The Balaban J connectivity index is 2.08. The standard InChI is InChI=1S/C17H24N2O4/c1-12(2)15(17(21)19-7-9-23-10-8-19)18-16(20)13-5-4-6-14(11-13)22-3/h4-6,11-12,15H,7-10H2,1-3H3,(H,18,20)/t15-/m0/s1. The molecular weight excluding hydrogens is 296 g/mol. The average Bonchev–Trinajstić information content (AvgIpc) is 2.59. The topological polar surface area (TPSA) is 67.9 Å². The number of hydrogen-bond acceptors (Lipinski definition) is 4. The summed E-state index contributed by atoms with van der Waals surface area (Å²) in [6, 6.07) is 6.34. The number of methoxy groups -OCH3 is 1. The van der Waals surface area contributed by atoms with Crippen LogP contribution < -0.4 is 10.1 Å². The van der Waals surface area contributed by atoms with Crippen LogP contribution in [0.4, 0.5) is 0 Å². The number of nitrogens with zero attached hydrogens (tertiary/aromatic N) is 1. The summed E-state index contributed by atoms with van der Waals surface area (Å²) < 4.78 is 10.4. The Morgan fingerprint density at radius 2 is 1.96 bits per heavy atom. The minimum Gasteiger partial charge on any atom is -0.497 e. The molecule has 1 aromatic carbocycles. The Morgan fingerprint density at radius 1 is 1.26 bits per heavy atom. The molecule has 0 aromatic heterocycles. The average molecular weight is 320 g/mol. The fraction of sp³-hybridized carbons (Fsp3) is 0.529. The van der Waals surface area contributed by atoms with Crippen molar-refractivity contribution in [2.75, 3.05) is 33.4 Å². The predicted octanol–water partition coefficient (Wildman–Crippen LogP) is 1.31. The zero-order valence-electron chi connectivity index (χ0n) is 13.9. The van der Waals surface area contributed by atoms with Crippen molar-refractivity contribution in [1.29, 1.82) is 0 Å². The molecule has 1 aliphatic rings. The Labute approximate surface area is 136 Å². The molecule has 0 aliphatic carbocycles. The van der Waals surface area contributed by atoms with E-state index in [0.717, 1.165) is 0 Å². The third-order valence-electron chi connectivity index (χ3n) is 3.87. The van der Waals surface area contributed by atoms with Crippen molar-refractivity contribution < 1.29 is 19.1 Å². The van der Waals surface area contributed by atoms with Gasteiger partial charge in [0.2, 0.25) is 5.91 Å². The largest absolute Gasteiger partial charge is 0.497 e. The number of morpholine rings is 1. The maximum atomic E-state index is 12.7. The highest BCUT2D eigenvalue weighted by molar-refractivity contribution is 5.97. The van der Waals surface area contributed by atoms with Crippen LogP contribution in [0.3, 0.4) is 0 Å². The third-order valence-corrected chi connectivity index (χ3v) is 3.87. The first-order valence-electron chi connectivity index (χ1n) is 7.84. The van der Waals surface area contributed by atoms with Gasteiger partial charge < -0.3 is 19.7 Å². The van der Waals surface area contributed by atoms with Gasteiger partial charge in [-0.2, -0.15) is 0 Å². The number of rotatable bonds is 5. The van der Waals surface area contributed by atoms with Crippen LogP contribution in [-0.4, -0.2) is 56.2 Å². The molecular formula is C17H24N2O4. The molecule has 6 heteroatoms. The molecule has 1 atom stereocenters. The highest BCUT2D eigenvalue weighted by Gasteiger charge is 2.29. The van der Waals surface area contributed by atoms with Crippen molar-refractivity contribution in [2.24, 2.45) is 5.92 Å². The zero-order chi connectivity index (χ0) is 16.8. The SMILES string of the molecule is COc1cccc(C(=O)N[C@H](C(=O)N2CCOCC2)C(C)C)c1. The molecule has 0 bridgehead atoms. The summed E-state index contributed by atoms with van der Waals surface area (Å²) in [4.78, 5) is 26.9. The normalized spacial score (nSPS) is 16.1. The number of nitrogens with one attached hydrogen (secondary N) is 1. The molecule has 126 valence electrons. The van der Waals surface area contributed by atoms with E-state index in [9.17, 15) is 9.59 Å². The summed E-state index contributed by atoms with van der Waals surface area (Å²) in [6.07, 6.45) is 0. The van der Waals surface area contributed by atoms with Gasteiger partial charge in [0, 0.05) is 18.7 Å². The second-order valence-electron chi connectivity index (χ2n) is 5.86. The van der Waals surface area contributed by atoms with Crippen molar-refractivity contribution in [2.45, 2.75) is 19.9 Å². The lowest BCUT2D eigenvalue weighted by Gasteiger charge is -2.32. The molecule has 6 nitrogen and oxygen atoms in total. The second kappa shape index (κ2) is 7.97. The number of carbonyl (C=O) groups is 2. The molecule has 1 aromatic rings. The number of ether oxygens (including phenoxy) is 2. The van der Waals surface area contributed by atoms with E-state index in [4.69, 9.17) is 9.47 Å². The monoisotopic (exact) mass is 320 g/mol. The van der Waals surface area contributed by atoms with E-state index in [0.29, 0.717) is 37.6 Å². The highest BCUT2D eigenvalue weighted by Crippen LogP contribution is 2.14. The first-order chi connectivity index (χ1) is 11.0. The third kappa shape index (κ3) is 4.45. The quantitative estimate of drug-likeness (QED) is 0.888. The van der Waals surface area contributed by atoms with Crippen LogP contribution in [0, 0.1) is 5.92 Å². The summed E-state index contributed by atoms with van der Waals surface area (Å²) in [6.45, 7) is 6.07. The molecule has 23 heavy (non-hydrogen) atoms. The molecule has 0 radical (unpaired) electrons. The second-order valence-corrected chi connectivity index (χ2v) is 5.86. The maximum Gasteiger partial charge on any atom is 0.252 e. The fourth-order valence-electron chi connectivity index (χ4n) is 2.48. The summed E-state index contributed by atoms with van der Waals surface area (Å²) in [5, 5.41) is 2.85. The first-order valence-corrected chi connectivity index (χ1v) is 7.84. The van der Waals surface area contributed by atoms with Crippen LogP contribution in [-0.2, 0) is 9.53 Å². The van der Waals surface area contributed by atoms with Crippen LogP contribution in [0.15, 0.2) is 24.3 Å². The summed E-state index contributed by atoms with van der Waals surface area (Å²) >= 11 is 0. The minimum atomic E-state index is -0.549. The van der Waals surface area contributed by atoms with Gasteiger partial charge in [-0.1, -0.05) is 19.9 Å². The van der Waals surface area contributed by atoms with Gasteiger partial charge in [0.25, 0.3) is 5.91 Å². The molecule has 0 saturated carbocycles. The summed E-state index contributed by atoms with van der Waals surface area (Å²) in [5.74, 6) is 0.280. The highest BCUT2D eigenvalue weighted by atomic mass is 16.5. The van der Waals surface area contributed by atoms with Gasteiger partial charge in [0.1, 0.15) is 11.8 Å². The lowest BCUT2D eigenvalue weighted by Crippen LogP contribution is -2.53. The zero-order valence-corrected chi connectivity index (χ0v) is 13.9. The van der Waals surface area contributed by atoms with Crippen LogP contribution in [0.2, 0.25) is 0 Å². The van der Waals surface area contributed by atoms with Gasteiger partial charge in [0.15, 0.2) is 0 Å². The van der Waals surface area contributed by atoms with E-state index < -0.39 is 6.04 Å². The van der Waals surface area contributed by atoms with E-state index in [1.165, 1.54) is 0 Å². The van der Waals surface area contributed by atoms with E-state index in [1.54, 1.807) is 36.3 Å². The maximum absolute atomic E-state index is 12.7. The van der Waals surface area contributed by atoms with E-state index >= 15 is 0 Å². The van der Waals surface area contributed by atoms with Crippen molar-refractivity contribution in [3.05, 3.63) is 29.8 Å². The molecule has 1 saturated heterocycles. The number of hydrogen-bond donors (Lipinski definition) is 1. The van der Waals surface area contributed by atoms with Gasteiger partial charge in [-0.3, -0.25) is 9.59 Å². The van der Waals surface area contributed by atoms with Gasteiger partial charge in [-0.25, -0.2) is 0 Å². The van der Waals surface area contributed by atoms with E-state index in [2.05, 4.69) is 5.32 Å². The lowest BCUT2D eigenvalue weighted by molar-refractivity contribution is -0.138. The minimum absolute atomic E-state index is 0.0000901. The van der Waals surface area contributed by atoms with E-state index in [-0.39, 0.29) is 17.7 Å². The molecule has 1 heterocycles. The van der Waals surface area contributed by atoms with Crippen LogP contribution in [0.5, 0.6) is 5.75 Å². The van der Waals surface area contributed by atoms with Gasteiger partial charge in [0.05, 0.1) is 20.3 Å². The Morgan fingerprint density at radius 3 is 2.57 bits per heavy atom. The van der Waals surface area contributed by atoms with Crippen LogP contribution in [0.1, 0.15) is 24.2 Å². The Bertz CT molecular complexity index is 553. The molecule has 1 fully saturated rings. The van der Waals surface area contributed by atoms with Gasteiger partial charge >= 0.3 is 0 Å². The molecule has 0 unspecified atom stereocenters. The summed E-state index contributed by atoms with van der Waals surface area (Å²) in [5.41, 5.74) is 0.477. The molecule has 2 amide bonds. The Hall–Kier alpha value is -2.08. The van der Waals surface area contributed by atoms with Crippen molar-refractivity contribution in [3.8, 4) is 5.75 Å².